The molecule has 1 aliphatic heterocycles. The zero-order chi connectivity index (χ0) is 14.9. The van der Waals surface area contributed by atoms with Gasteiger partial charge in [-0.25, -0.2) is 13.4 Å². The predicted octanol–water partition coefficient (Wildman–Crippen LogP) is 0.460. The summed E-state index contributed by atoms with van der Waals surface area (Å²) in [6.07, 6.45) is 3.35. The van der Waals surface area contributed by atoms with E-state index < -0.39 is 9.84 Å². The van der Waals surface area contributed by atoms with Crippen LogP contribution < -0.4 is 10.6 Å². The number of rotatable bonds is 3. The maximum atomic E-state index is 11.8. The Kier molecular flexibility index (Phi) is 3.86. The number of nitrogens with zero attached hydrogens (tertiary/aromatic N) is 3. The number of hydrogen-bond acceptors (Lipinski definition) is 5. The highest BCUT2D eigenvalue weighted by Gasteiger charge is 2.23. The molecule has 114 valence electrons. The fourth-order valence-electron chi connectivity index (χ4n) is 2.81. The summed E-state index contributed by atoms with van der Waals surface area (Å²) in [5, 5.41) is 0. The molecule has 1 fully saturated rings. The van der Waals surface area contributed by atoms with Crippen LogP contribution in [0.2, 0.25) is 0 Å². The smallest absolute Gasteiger partial charge is 0.152 e. The average Bonchev–Trinajstić information content (AvgIpc) is 2.71. The third-order valence-electron chi connectivity index (χ3n) is 3.84. The van der Waals surface area contributed by atoms with Gasteiger partial charge in [-0.05, 0) is 25.1 Å². The maximum Gasteiger partial charge on any atom is 0.152 e. The number of imidazole rings is 1. The minimum absolute atomic E-state index is 0.197. The lowest BCUT2D eigenvalue weighted by molar-refractivity contribution is 0.597. The molecule has 2 aromatic rings. The van der Waals surface area contributed by atoms with Gasteiger partial charge in [0.25, 0.3) is 0 Å². The summed E-state index contributed by atoms with van der Waals surface area (Å²) in [6, 6.07) is 5.87. The van der Waals surface area contributed by atoms with Crippen molar-refractivity contribution < 1.29 is 8.42 Å². The van der Waals surface area contributed by atoms with Crippen LogP contribution >= 0.6 is 0 Å². The molecule has 0 radical (unpaired) electrons. The van der Waals surface area contributed by atoms with E-state index in [0.717, 1.165) is 30.1 Å². The van der Waals surface area contributed by atoms with Gasteiger partial charge in [0.05, 0.1) is 17.2 Å². The van der Waals surface area contributed by atoms with Gasteiger partial charge in [0.15, 0.2) is 15.7 Å². The predicted molar refractivity (Wildman–Crippen MR) is 83.4 cm³/mol. The molecule has 0 atom stereocenters. The SMILES string of the molecule is NCCc1c(N2CCCS(=O)(=O)CC2)nc2ccccn12. The van der Waals surface area contributed by atoms with Crippen LogP contribution in [0.4, 0.5) is 5.82 Å². The fraction of sp³-hybridized carbons (Fsp3) is 0.500. The molecule has 0 aliphatic carbocycles. The first-order valence-electron chi connectivity index (χ1n) is 7.22. The minimum atomic E-state index is -2.92. The van der Waals surface area contributed by atoms with Gasteiger partial charge < -0.3 is 15.0 Å². The van der Waals surface area contributed by atoms with Crippen LogP contribution in [0.5, 0.6) is 0 Å². The summed E-state index contributed by atoms with van der Waals surface area (Å²) in [7, 11) is -2.92. The number of pyridine rings is 1. The molecular weight excluding hydrogens is 288 g/mol. The third-order valence-corrected chi connectivity index (χ3v) is 5.56. The summed E-state index contributed by atoms with van der Waals surface area (Å²) in [5.74, 6) is 1.34. The van der Waals surface area contributed by atoms with Crippen LogP contribution in [0.15, 0.2) is 24.4 Å². The number of fused-ring (bicyclic) bond motifs is 1. The van der Waals surface area contributed by atoms with Crippen LogP contribution in [0.25, 0.3) is 5.65 Å². The first-order chi connectivity index (χ1) is 10.1. The van der Waals surface area contributed by atoms with Crippen LogP contribution in [-0.2, 0) is 16.3 Å². The van der Waals surface area contributed by atoms with Crippen molar-refractivity contribution in [2.45, 2.75) is 12.8 Å². The Morgan fingerprint density at radius 1 is 1.24 bits per heavy atom. The lowest BCUT2D eigenvalue weighted by Crippen LogP contribution is -2.28. The molecule has 3 heterocycles. The van der Waals surface area contributed by atoms with Crippen molar-refractivity contribution in [2.24, 2.45) is 5.73 Å². The van der Waals surface area contributed by atoms with Crippen molar-refractivity contribution in [3.63, 3.8) is 0 Å². The van der Waals surface area contributed by atoms with Gasteiger partial charge in [-0.1, -0.05) is 6.07 Å². The first kappa shape index (κ1) is 14.3. The molecule has 0 saturated carbocycles. The normalized spacial score (nSPS) is 18.8. The Labute approximate surface area is 124 Å². The van der Waals surface area contributed by atoms with Crippen LogP contribution in [0.3, 0.4) is 0 Å². The Balaban J connectivity index is 2.01. The summed E-state index contributed by atoms with van der Waals surface area (Å²) >= 11 is 0. The fourth-order valence-corrected chi connectivity index (χ4v) is 4.08. The van der Waals surface area contributed by atoms with Crippen LogP contribution in [-0.4, -0.2) is 48.9 Å². The Bertz CT molecular complexity index is 739. The molecule has 3 rings (SSSR count). The van der Waals surface area contributed by atoms with Crippen molar-refractivity contribution in [2.75, 3.05) is 36.0 Å². The van der Waals surface area contributed by atoms with Gasteiger partial charge in [-0.2, -0.15) is 0 Å². The molecule has 0 unspecified atom stereocenters. The zero-order valence-electron chi connectivity index (χ0n) is 11.9. The lowest BCUT2D eigenvalue weighted by Gasteiger charge is -2.20. The average molecular weight is 308 g/mol. The summed E-state index contributed by atoms with van der Waals surface area (Å²) in [4.78, 5) is 6.77. The van der Waals surface area contributed by atoms with E-state index in [0.29, 0.717) is 19.5 Å². The third kappa shape index (κ3) is 2.89. The Hall–Kier alpha value is -1.60. The van der Waals surface area contributed by atoms with Crippen LogP contribution in [0.1, 0.15) is 12.1 Å². The van der Waals surface area contributed by atoms with E-state index >= 15 is 0 Å². The van der Waals surface area contributed by atoms with Crippen molar-refractivity contribution in [3.05, 3.63) is 30.1 Å². The molecule has 2 N–H and O–H groups in total. The van der Waals surface area contributed by atoms with Crippen molar-refractivity contribution in [3.8, 4) is 0 Å². The Morgan fingerprint density at radius 2 is 2.10 bits per heavy atom. The minimum Gasteiger partial charge on any atom is -0.354 e. The van der Waals surface area contributed by atoms with E-state index in [1.165, 1.54) is 0 Å². The van der Waals surface area contributed by atoms with Crippen molar-refractivity contribution >= 4 is 21.3 Å². The van der Waals surface area contributed by atoms with Gasteiger partial charge in [0.2, 0.25) is 0 Å². The molecule has 7 heteroatoms. The van der Waals surface area contributed by atoms with Gasteiger partial charge in [-0.15, -0.1) is 0 Å². The molecule has 1 saturated heterocycles. The van der Waals surface area contributed by atoms with Gasteiger partial charge in [-0.3, -0.25) is 0 Å². The van der Waals surface area contributed by atoms with E-state index in [1.54, 1.807) is 0 Å². The lowest BCUT2D eigenvalue weighted by atomic mass is 10.2. The number of nitrogens with two attached hydrogens (primary N) is 1. The summed E-state index contributed by atoms with van der Waals surface area (Å²) in [6.45, 7) is 1.77. The van der Waals surface area contributed by atoms with Gasteiger partial charge in [0, 0.05) is 25.7 Å². The van der Waals surface area contributed by atoms with E-state index in [1.807, 2.05) is 28.8 Å². The first-order valence-corrected chi connectivity index (χ1v) is 9.04. The highest BCUT2D eigenvalue weighted by Crippen LogP contribution is 2.23. The van der Waals surface area contributed by atoms with Gasteiger partial charge >= 0.3 is 0 Å². The van der Waals surface area contributed by atoms with Crippen molar-refractivity contribution in [1.82, 2.24) is 9.38 Å². The molecule has 0 bridgehead atoms. The number of sulfone groups is 1. The summed E-state index contributed by atoms with van der Waals surface area (Å²) < 4.78 is 25.6. The molecule has 2 aromatic heterocycles. The molecule has 0 amide bonds. The number of aromatic nitrogens is 2. The van der Waals surface area contributed by atoms with Crippen LogP contribution in [0, 0.1) is 0 Å². The topological polar surface area (TPSA) is 80.7 Å². The molecular formula is C14H20N4O2S. The zero-order valence-corrected chi connectivity index (χ0v) is 12.7. The molecule has 21 heavy (non-hydrogen) atoms. The molecule has 0 spiro atoms. The maximum absolute atomic E-state index is 11.8. The molecule has 6 nitrogen and oxygen atoms in total. The highest BCUT2D eigenvalue weighted by molar-refractivity contribution is 7.91. The van der Waals surface area contributed by atoms with Crippen molar-refractivity contribution in [1.29, 1.82) is 0 Å². The monoisotopic (exact) mass is 308 g/mol. The standard InChI is InChI=1S/C14H20N4O2S/c15-6-5-12-14(16-13-4-1-2-8-18(12)13)17-7-3-10-21(19,20)11-9-17/h1-2,4,8H,3,5-7,9-11,15H2. The van der Waals surface area contributed by atoms with E-state index in [9.17, 15) is 8.42 Å². The van der Waals surface area contributed by atoms with E-state index in [4.69, 9.17) is 5.73 Å². The molecule has 0 aromatic carbocycles. The van der Waals surface area contributed by atoms with E-state index in [2.05, 4.69) is 9.88 Å². The van der Waals surface area contributed by atoms with Gasteiger partial charge in [0.1, 0.15) is 5.65 Å². The Morgan fingerprint density at radius 3 is 2.90 bits per heavy atom. The second-order valence-electron chi connectivity index (χ2n) is 5.34. The highest BCUT2D eigenvalue weighted by atomic mass is 32.2. The second kappa shape index (κ2) is 5.65. The quantitative estimate of drug-likeness (QED) is 0.891. The summed E-state index contributed by atoms with van der Waals surface area (Å²) in [5.41, 5.74) is 7.67. The second-order valence-corrected chi connectivity index (χ2v) is 7.65. The largest absolute Gasteiger partial charge is 0.354 e. The number of hydrogen-bond donors (Lipinski definition) is 1. The molecule has 1 aliphatic rings. The van der Waals surface area contributed by atoms with E-state index in [-0.39, 0.29) is 11.5 Å². The number of anilines is 1.